The molecule has 1 saturated carbocycles. The first kappa shape index (κ1) is 14.1. The normalized spacial score (nSPS) is 19.9. The van der Waals surface area contributed by atoms with Gasteiger partial charge in [-0.1, -0.05) is 38.0 Å². The number of hydrogen-bond acceptors (Lipinski definition) is 3. The van der Waals surface area contributed by atoms with Gasteiger partial charge in [-0.15, -0.1) is 0 Å². The molecular weight excluding hydrogens is 216 g/mol. The van der Waals surface area contributed by atoms with Gasteiger partial charge in [-0.25, -0.2) is 4.79 Å². The standard InChI is InChI=1S/C14H22O3/c1-3-5-11-14(16,13(15)17-4-2)12-9-7-6-8-10-12/h12,16H,3-4,6-10H2,1-2H3. The Hall–Kier alpha value is -1.01. The molecule has 0 amide bonds. The number of carbonyl (C=O) groups excluding carboxylic acids is 1. The molecule has 3 nitrogen and oxygen atoms in total. The van der Waals surface area contributed by atoms with Crippen molar-refractivity contribution in [2.24, 2.45) is 5.92 Å². The molecule has 0 aromatic heterocycles. The molecule has 1 atom stereocenters. The molecular formula is C14H22O3. The first-order chi connectivity index (χ1) is 8.15. The monoisotopic (exact) mass is 238 g/mol. The van der Waals surface area contributed by atoms with E-state index in [4.69, 9.17) is 4.74 Å². The second-order valence-corrected chi connectivity index (χ2v) is 4.48. The summed E-state index contributed by atoms with van der Waals surface area (Å²) in [6.07, 6.45) is 5.63. The lowest BCUT2D eigenvalue weighted by Gasteiger charge is -2.32. The molecule has 0 aromatic carbocycles. The number of ether oxygens (including phenoxy) is 1. The summed E-state index contributed by atoms with van der Waals surface area (Å²) in [4.78, 5) is 11.9. The SMILES string of the molecule is CCC#CC(O)(C(=O)OCC)C1CCCCC1. The molecule has 0 aromatic rings. The summed E-state index contributed by atoms with van der Waals surface area (Å²) in [6, 6.07) is 0. The van der Waals surface area contributed by atoms with Crippen molar-refractivity contribution in [2.75, 3.05) is 6.61 Å². The van der Waals surface area contributed by atoms with Crippen molar-refractivity contribution in [2.45, 2.75) is 58.0 Å². The van der Waals surface area contributed by atoms with E-state index in [1.165, 1.54) is 6.42 Å². The van der Waals surface area contributed by atoms with Gasteiger partial charge in [-0.2, -0.15) is 0 Å². The van der Waals surface area contributed by atoms with Crippen molar-refractivity contribution in [1.29, 1.82) is 0 Å². The number of esters is 1. The molecule has 1 N–H and O–H groups in total. The predicted molar refractivity (Wildman–Crippen MR) is 66.2 cm³/mol. The fourth-order valence-corrected chi connectivity index (χ4v) is 2.30. The first-order valence-corrected chi connectivity index (χ1v) is 6.54. The molecule has 1 fully saturated rings. The van der Waals surface area contributed by atoms with E-state index < -0.39 is 11.6 Å². The van der Waals surface area contributed by atoms with Crippen molar-refractivity contribution < 1.29 is 14.6 Å². The minimum Gasteiger partial charge on any atom is -0.463 e. The van der Waals surface area contributed by atoms with Crippen molar-refractivity contribution in [3.8, 4) is 11.8 Å². The highest BCUT2D eigenvalue weighted by molar-refractivity contribution is 5.83. The Morgan fingerprint density at radius 3 is 2.53 bits per heavy atom. The Kier molecular flexibility index (Phi) is 5.50. The number of carbonyl (C=O) groups is 1. The van der Waals surface area contributed by atoms with E-state index >= 15 is 0 Å². The van der Waals surface area contributed by atoms with Gasteiger partial charge in [-0.05, 0) is 19.8 Å². The van der Waals surface area contributed by atoms with Crippen molar-refractivity contribution in [3.05, 3.63) is 0 Å². The lowest BCUT2D eigenvalue weighted by Crippen LogP contribution is -2.46. The van der Waals surface area contributed by atoms with E-state index in [1.54, 1.807) is 6.92 Å². The third kappa shape index (κ3) is 3.47. The summed E-state index contributed by atoms with van der Waals surface area (Å²) in [5, 5.41) is 10.5. The molecule has 1 aliphatic rings. The summed E-state index contributed by atoms with van der Waals surface area (Å²) in [5.41, 5.74) is -1.59. The zero-order valence-corrected chi connectivity index (χ0v) is 10.8. The highest BCUT2D eigenvalue weighted by atomic mass is 16.5. The van der Waals surface area contributed by atoms with Crippen LogP contribution in [0.4, 0.5) is 0 Å². The van der Waals surface area contributed by atoms with E-state index in [1.807, 2.05) is 6.92 Å². The van der Waals surface area contributed by atoms with Gasteiger partial charge in [-0.3, -0.25) is 0 Å². The van der Waals surface area contributed by atoms with Crippen LogP contribution in [-0.2, 0) is 9.53 Å². The first-order valence-electron chi connectivity index (χ1n) is 6.54. The third-order valence-corrected chi connectivity index (χ3v) is 3.24. The number of aliphatic hydroxyl groups is 1. The van der Waals surface area contributed by atoms with E-state index in [9.17, 15) is 9.90 Å². The van der Waals surface area contributed by atoms with Gasteiger partial charge in [0.15, 0.2) is 0 Å². The second-order valence-electron chi connectivity index (χ2n) is 4.48. The number of hydrogen-bond donors (Lipinski definition) is 1. The van der Waals surface area contributed by atoms with Crippen LogP contribution in [0.1, 0.15) is 52.4 Å². The number of rotatable bonds is 3. The Morgan fingerprint density at radius 1 is 1.35 bits per heavy atom. The average Bonchev–Trinajstić information content (AvgIpc) is 2.37. The minimum absolute atomic E-state index is 0.0747. The summed E-state index contributed by atoms with van der Waals surface area (Å²) < 4.78 is 4.97. The smallest absolute Gasteiger partial charge is 0.351 e. The highest BCUT2D eigenvalue weighted by Gasteiger charge is 2.44. The predicted octanol–water partition coefficient (Wildman–Crippen LogP) is 2.27. The van der Waals surface area contributed by atoms with Gasteiger partial charge in [0.2, 0.25) is 5.60 Å². The zero-order chi connectivity index (χ0) is 12.7. The zero-order valence-electron chi connectivity index (χ0n) is 10.8. The van der Waals surface area contributed by atoms with Crippen LogP contribution in [0.2, 0.25) is 0 Å². The topological polar surface area (TPSA) is 46.5 Å². The largest absolute Gasteiger partial charge is 0.463 e. The Labute approximate surface area is 104 Å². The van der Waals surface area contributed by atoms with Gasteiger partial charge in [0.05, 0.1) is 6.61 Å². The minimum atomic E-state index is -1.59. The fraction of sp³-hybridized carbons (Fsp3) is 0.786. The van der Waals surface area contributed by atoms with Crippen LogP contribution in [-0.4, -0.2) is 23.3 Å². The van der Waals surface area contributed by atoms with Crippen LogP contribution in [0, 0.1) is 17.8 Å². The van der Waals surface area contributed by atoms with Crippen LogP contribution < -0.4 is 0 Å². The molecule has 96 valence electrons. The molecule has 0 aliphatic heterocycles. The molecule has 0 heterocycles. The summed E-state index contributed by atoms with van der Waals surface area (Å²) in [5.74, 6) is 4.91. The average molecular weight is 238 g/mol. The van der Waals surface area contributed by atoms with E-state index in [2.05, 4.69) is 11.8 Å². The summed E-state index contributed by atoms with van der Waals surface area (Å²) in [7, 11) is 0. The van der Waals surface area contributed by atoms with E-state index in [0.29, 0.717) is 6.42 Å². The second kappa shape index (κ2) is 6.66. The Morgan fingerprint density at radius 2 is 2.00 bits per heavy atom. The lowest BCUT2D eigenvalue weighted by molar-refractivity contribution is -0.164. The van der Waals surface area contributed by atoms with Crippen LogP contribution in [0.25, 0.3) is 0 Å². The maximum atomic E-state index is 11.9. The summed E-state index contributed by atoms with van der Waals surface area (Å²) >= 11 is 0. The van der Waals surface area contributed by atoms with Gasteiger partial charge in [0, 0.05) is 12.3 Å². The van der Waals surface area contributed by atoms with Crippen LogP contribution in [0.3, 0.4) is 0 Å². The van der Waals surface area contributed by atoms with Gasteiger partial charge in [0.25, 0.3) is 0 Å². The third-order valence-electron chi connectivity index (χ3n) is 3.24. The van der Waals surface area contributed by atoms with Gasteiger partial charge < -0.3 is 9.84 Å². The molecule has 1 unspecified atom stereocenters. The molecule has 0 saturated heterocycles. The fourth-order valence-electron chi connectivity index (χ4n) is 2.30. The van der Waals surface area contributed by atoms with Gasteiger partial charge >= 0.3 is 5.97 Å². The Balaban J connectivity index is 2.87. The molecule has 17 heavy (non-hydrogen) atoms. The maximum Gasteiger partial charge on any atom is 0.351 e. The quantitative estimate of drug-likeness (QED) is 0.606. The van der Waals surface area contributed by atoms with Crippen molar-refractivity contribution >= 4 is 5.97 Å². The van der Waals surface area contributed by atoms with Crippen molar-refractivity contribution in [3.63, 3.8) is 0 Å². The van der Waals surface area contributed by atoms with Crippen molar-refractivity contribution in [1.82, 2.24) is 0 Å². The van der Waals surface area contributed by atoms with Crippen LogP contribution >= 0.6 is 0 Å². The molecule has 1 rings (SSSR count). The van der Waals surface area contributed by atoms with E-state index in [-0.39, 0.29) is 12.5 Å². The molecule has 0 radical (unpaired) electrons. The highest BCUT2D eigenvalue weighted by Crippen LogP contribution is 2.33. The molecule has 1 aliphatic carbocycles. The molecule has 3 heteroatoms. The van der Waals surface area contributed by atoms with Crippen LogP contribution in [0.5, 0.6) is 0 Å². The maximum absolute atomic E-state index is 11.9. The lowest BCUT2D eigenvalue weighted by atomic mass is 9.77. The van der Waals surface area contributed by atoms with Gasteiger partial charge in [0.1, 0.15) is 0 Å². The Bertz CT molecular complexity index is 307. The molecule has 0 bridgehead atoms. The summed E-state index contributed by atoms with van der Waals surface area (Å²) in [6.45, 7) is 3.92. The van der Waals surface area contributed by atoms with E-state index in [0.717, 1.165) is 25.7 Å². The van der Waals surface area contributed by atoms with Crippen LogP contribution in [0.15, 0.2) is 0 Å². The molecule has 0 spiro atoms.